The summed E-state index contributed by atoms with van der Waals surface area (Å²) in [5, 5.41) is 12.2. The fraction of sp³-hybridized carbons (Fsp3) is 0. The molecule has 0 spiro atoms. The van der Waals surface area contributed by atoms with Crippen LogP contribution in [0.5, 0.6) is 0 Å². The number of benzene rings is 21. The summed E-state index contributed by atoms with van der Waals surface area (Å²) in [6.07, 6.45) is 0. The molecule has 6 heteroatoms. The highest BCUT2D eigenvalue weighted by molar-refractivity contribution is 6.17. The Labute approximate surface area is 753 Å². The molecular weight excluding hydrogens is 1570 g/mol. The van der Waals surface area contributed by atoms with E-state index in [4.69, 9.17) is 0 Å². The average Bonchev–Trinajstić information content (AvgIpc) is 1.58. The van der Waals surface area contributed by atoms with Crippen LogP contribution in [0.2, 0.25) is 0 Å². The van der Waals surface area contributed by atoms with E-state index in [1.165, 1.54) is 120 Å². The van der Waals surface area contributed by atoms with E-state index in [0.717, 1.165) is 112 Å². The van der Waals surface area contributed by atoms with E-state index in [-0.39, 0.29) is 0 Å². The zero-order chi connectivity index (χ0) is 85.7. The van der Waals surface area contributed by atoms with Gasteiger partial charge in [0.05, 0.1) is 49.8 Å². The maximum absolute atomic E-state index is 2.43. The molecule has 608 valence electrons. The lowest BCUT2D eigenvalue weighted by atomic mass is 9.95. The minimum Gasteiger partial charge on any atom is -0.311 e. The number of aromatic nitrogens is 4. The van der Waals surface area contributed by atoms with Gasteiger partial charge in [-0.2, -0.15) is 0 Å². The molecule has 21 aromatic carbocycles. The summed E-state index contributed by atoms with van der Waals surface area (Å²) in [5.74, 6) is 0. The maximum Gasteiger partial charge on any atom is 0.0547 e. The van der Waals surface area contributed by atoms with Crippen molar-refractivity contribution in [1.29, 1.82) is 0 Å². The van der Waals surface area contributed by atoms with Crippen molar-refractivity contribution >= 4 is 132 Å². The number of anilines is 6. The quantitative estimate of drug-likeness (QED) is 0.0908. The molecule has 4 heterocycles. The largest absolute Gasteiger partial charge is 0.311 e. The third-order valence-corrected chi connectivity index (χ3v) is 26.6. The highest BCUT2D eigenvalue weighted by Gasteiger charge is 2.24. The highest BCUT2D eigenvalue weighted by Crippen LogP contribution is 2.48. The number of nitrogens with zero attached hydrogens (tertiary/aromatic N) is 6. The predicted molar refractivity (Wildman–Crippen MR) is 549 cm³/mol. The van der Waals surface area contributed by atoms with Gasteiger partial charge in [-0.3, -0.25) is 0 Å². The Balaban J connectivity index is 0.510. The second-order valence-electron chi connectivity index (χ2n) is 33.9. The Morgan fingerprint density at radius 3 is 0.831 bits per heavy atom. The summed E-state index contributed by atoms with van der Waals surface area (Å²) in [7, 11) is 0. The topological polar surface area (TPSA) is 26.2 Å². The van der Waals surface area contributed by atoms with E-state index in [1.54, 1.807) is 0 Å². The minimum absolute atomic E-state index is 1.06. The zero-order valence-corrected chi connectivity index (χ0v) is 71.0. The Morgan fingerprint density at radius 1 is 0.131 bits per heavy atom. The fourth-order valence-corrected chi connectivity index (χ4v) is 20.4. The van der Waals surface area contributed by atoms with Crippen LogP contribution < -0.4 is 9.80 Å². The Kier molecular flexibility index (Phi) is 18.2. The molecule has 0 saturated carbocycles. The zero-order valence-electron chi connectivity index (χ0n) is 71.0. The molecule has 25 aromatic rings. The van der Waals surface area contributed by atoms with Crippen molar-refractivity contribution in [2.24, 2.45) is 0 Å². The van der Waals surface area contributed by atoms with E-state index in [9.17, 15) is 0 Å². The van der Waals surface area contributed by atoms with Crippen molar-refractivity contribution in [2.45, 2.75) is 0 Å². The molecule has 0 aliphatic rings. The minimum atomic E-state index is 1.06. The summed E-state index contributed by atoms with van der Waals surface area (Å²) in [4.78, 5) is 4.80. The second-order valence-corrected chi connectivity index (χ2v) is 33.9. The average molecular weight is 1660 g/mol. The Morgan fingerprint density at radius 2 is 0.400 bits per heavy atom. The summed E-state index contributed by atoms with van der Waals surface area (Å²) in [6.45, 7) is 0. The van der Waals surface area contributed by atoms with Gasteiger partial charge in [-0.05, 0) is 259 Å². The first-order valence-corrected chi connectivity index (χ1v) is 44.7. The molecule has 0 aliphatic carbocycles. The smallest absolute Gasteiger partial charge is 0.0547 e. The van der Waals surface area contributed by atoms with Gasteiger partial charge < -0.3 is 28.1 Å². The van der Waals surface area contributed by atoms with Crippen molar-refractivity contribution in [3.8, 4) is 101 Å². The molecule has 6 nitrogen and oxygen atoms in total. The highest BCUT2D eigenvalue weighted by atomic mass is 15.1. The lowest BCUT2D eigenvalue weighted by molar-refractivity contribution is 1.18. The van der Waals surface area contributed by atoms with Crippen LogP contribution in [0, 0.1) is 0 Å². The van der Waals surface area contributed by atoms with Crippen LogP contribution >= 0.6 is 0 Å². The van der Waals surface area contributed by atoms with E-state index in [2.05, 4.69) is 526 Å². The Bertz CT molecular complexity index is 8580. The third kappa shape index (κ3) is 12.9. The molecular formula is C124H82N6. The van der Waals surface area contributed by atoms with Crippen molar-refractivity contribution in [1.82, 2.24) is 18.3 Å². The SMILES string of the molecule is c1ccc(-c2ccc(N(c3ccc(-c4ccc(-n5c6ccccc6c6c(-c7ccc(-c8ccc(N(c9ccc(-c%10ccc(-n%11c%12ccccc%12c%12ccccc%12%11)cc%10)cc9)c9ccc(-c%10ccc%11c(c%10)c%10ccccc%10n%11-c%10ccccc%10)cc9)cc8)cc7)cccc65)cc4)cc3)c3ccc(-c4ccc5c(c4)c4ccccc4n5-c4ccccc4)c4ccccc34)cc2)cc1. The van der Waals surface area contributed by atoms with Gasteiger partial charge in [0.1, 0.15) is 0 Å². The van der Waals surface area contributed by atoms with Gasteiger partial charge >= 0.3 is 0 Å². The number of hydrogen-bond donors (Lipinski definition) is 0. The second kappa shape index (κ2) is 31.4. The molecule has 0 N–H and O–H groups in total. The van der Waals surface area contributed by atoms with Crippen molar-refractivity contribution in [2.75, 3.05) is 9.80 Å². The van der Waals surface area contributed by atoms with E-state index in [1.807, 2.05) is 0 Å². The van der Waals surface area contributed by atoms with E-state index >= 15 is 0 Å². The van der Waals surface area contributed by atoms with Crippen LogP contribution in [-0.4, -0.2) is 18.3 Å². The van der Waals surface area contributed by atoms with E-state index < -0.39 is 0 Å². The lowest BCUT2D eigenvalue weighted by Gasteiger charge is -2.28. The van der Waals surface area contributed by atoms with Gasteiger partial charge in [0.15, 0.2) is 0 Å². The first-order valence-electron chi connectivity index (χ1n) is 44.7. The molecule has 0 bridgehead atoms. The summed E-state index contributed by atoms with van der Waals surface area (Å²) >= 11 is 0. The summed E-state index contributed by atoms with van der Waals surface area (Å²) in [5.41, 5.74) is 36.7. The molecule has 0 unspecified atom stereocenters. The predicted octanol–water partition coefficient (Wildman–Crippen LogP) is 33.8. The van der Waals surface area contributed by atoms with Crippen LogP contribution in [0.15, 0.2) is 497 Å². The van der Waals surface area contributed by atoms with Gasteiger partial charge in [0.2, 0.25) is 0 Å². The van der Waals surface area contributed by atoms with Crippen LogP contribution in [0.25, 0.3) is 199 Å². The molecule has 130 heavy (non-hydrogen) atoms. The van der Waals surface area contributed by atoms with Gasteiger partial charge in [-0.15, -0.1) is 0 Å². The van der Waals surface area contributed by atoms with E-state index in [0.29, 0.717) is 0 Å². The van der Waals surface area contributed by atoms with Crippen LogP contribution in [0.3, 0.4) is 0 Å². The normalized spacial score (nSPS) is 11.7. The van der Waals surface area contributed by atoms with Crippen molar-refractivity contribution in [3.63, 3.8) is 0 Å². The Hall–Kier alpha value is -17.3. The van der Waals surface area contributed by atoms with Crippen LogP contribution in [-0.2, 0) is 0 Å². The molecule has 0 atom stereocenters. The molecule has 0 saturated heterocycles. The molecule has 4 aromatic heterocycles. The number of fused-ring (bicyclic) bond motifs is 13. The standard InChI is InChI=1S/C124H82N6/c1-4-23-83(24-5-1)85-51-69-100(70-52-85)126(120-80-77-104(106-29-10-11-30-107(106)120)94-62-79-122-114(82-94)111-34-15-20-40-118(111)128(122)96-27-8-3-9-28-96)101-71-53-88(54-72-101)90-57-75-103(76-58-90)130-119-41-21-16-35-112(119)124-105(36-22-42-123(124)130)92-45-43-84(44-46-92)86-47-63-97(64-48-86)125(98-65-49-87(50-66-98)89-55-73-102(74-56-89)129-115-37-17-12-31-108(115)109-32-13-18-38-116(109)129)99-67-59-91(60-68-99)93-61-78-121-113(81-93)110-33-14-19-39-117(110)127(121)95-25-6-2-7-26-95/h1-82H. The summed E-state index contributed by atoms with van der Waals surface area (Å²) < 4.78 is 9.57. The van der Waals surface area contributed by atoms with Crippen LogP contribution in [0.4, 0.5) is 34.1 Å². The number of hydrogen-bond acceptors (Lipinski definition) is 2. The molecule has 0 aliphatic heterocycles. The third-order valence-electron chi connectivity index (χ3n) is 26.6. The molecule has 25 rings (SSSR count). The van der Waals surface area contributed by atoms with Crippen LogP contribution in [0.1, 0.15) is 0 Å². The molecule has 0 fully saturated rings. The molecule has 0 radical (unpaired) electrons. The lowest BCUT2D eigenvalue weighted by Crippen LogP contribution is -2.10. The number of para-hydroxylation sites is 7. The van der Waals surface area contributed by atoms with Crippen molar-refractivity contribution in [3.05, 3.63) is 497 Å². The van der Waals surface area contributed by atoms with Gasteiger partial charge in [0, 0.05) is 99.7 Å². The maximum atomic E-state index is 2.43. The fourth-order valence-electron chi connectivity index (χ4n) is 20.4. The summed E-state index contributed by atoms with van der Waals surface area (Å²) in [6, 6.07) is 183. The number of rotatable bonds is 17. The monoisotopic (exact) mass is 1650 g/mol. The van der Waals surface area contributed by atoms with Gasteiger partial charge in [-0.25, -0.2) is 0 Å². The molecule has 0 amide bonds. The van der Waals surface area contributed by atoms with Gasteiger partial charge in [-0.1, -0.05) is 322 Å². The first-order chi connectivity index (χ1) is 64.5. The van der Waals surface area contributed by atoms with Gasteiger partial charge in [0.25, 0.3) is 0 Å². The van der Waals surface area contributed by atoms with Crippen molar-refractivity contribution < 1.29 is 0 Å². The first kappa shape index (κ1) is 75.2.